The molecule has 0 aromatic rings. The largest absolute Gasteiger partial charge is 0.357 e. The molecule has 0 amide bonds. The van der Waals surface area contributed by atoms with Crippen LogP contribution in [0.3, 0.4) is 0 Å². The van der Waals surface area contributed by atoms with E-state index in [0.29, 0.717) is 11.3 Å². The van der Waals surface area contributed by atoms with Crippen LogP contribution in [0, 0.1) is 0 Å². The number of guanidine groups is 1. The van der Waals surface area contributed by atoms with Crippen molar-refractivity contribution in [3.8, 4) is 0 Å². The number of nitrogens with zero attached hydrogens (tertiary/aromatic N) is 2. The van der Waals surface area contributed by atoms with Gasteiger partial charge in [0, 0.05) is 47.0 Å². The number of nitrogens with one attached hydrogen (secondary N) is 2. The lowest BCUT2D eigenvalue weighted by atomic mass is 9.95. The van der Waals surface area contributed by atoms with Crippen molar-refractivity contribution in [1.29, 1.82) is 0 Å². The summed E-state index contributed by atoms with van der Waals surface area (Å²) >= 11 is 0. The third-order valence-electron chi connectivity index (χ3n) is 5.64. The lowest BCUT2D eigenvalue weighted by Crippen LogP contribution is -2.47. The van der Waals surface area contributed by atoms with Crippen molar-refractivity contribution in [1.82, 2.24) is 15.5 Å². The molecule has 2 aliphatic rings. The Kier molecular flexibility index (Phi) is 9.24. The van der Waals surface area contributed by atoms with Crippen molar-refractivity contribution in [3.63, 3.8) is 0 Å². The molecule has 3 unspecified atom stereocenters. The van der Waals surface area contributed by atoms with Gasteiger partial charge in [0.15, 0.2) is 5.96 Å². The Labute approximate surface area is 156 Å². The van der Waals surface area contributed by atoms with Crippen LogP contribution in [0.5, 0.6) is 0 Å². The highest BCUT2D eigenvalue weighted by molar-refractivity contribution is 7.85. The molecule has 2 rings (SSSR count). The van der Waals surface area contributed by atoms with Crippen LogP contribution in [0.1, 0.15) is 65.2 Å². The molecule has 2 aliphatic carbocycles. The smallest absolute Gasteiger partial charge is 0.191 e. The predicted molar refractivity (Wildman–Crippen MR) is 109 cm³/mol. The summed E-state index contributed by atoms with van der Waals surface area (Å²) in [6.45, 7) is 6.87. The van der Waals surface area contributed by atoms with Crippen LogP contribution in [0.2, 0.25) is 0 Å². The summed E-state index contributed by atoms with van der Waals surface area (Å²) in [4.78, 5) is 7.26. The van der Waals surface area contributed by atoms with Gasteiger partial charge in [0.25, 0.3) is 0 Å². The minimum absolute atomic E-state index is 0.354. The highest BCUT2D eigenvalue weighted by Crippen LogP contribution is 2.23. The van der Waals surface area contributed by atoms with E-state index in [-0.39, 0.29) is 0 Å². The Morgan fingerprint density at radius 3 is 2.60 bits per heavy atom. The van der Waals surface area contributed by atoms with Crippen molar-refractivity contribution in [2.45, 2.75) is 82.5 Å². The third kappa shape index (κ3) is 6.89. The quantitative estimate of drug-likeness (QED) is 0.509. The molecule has 3 atom stereocenters. The van der Waals surface area contributed by atoms with Gasteiger partial charge in [-0.25, -0.2) is 0 Å². The molecule has 2 N–H and O–H groups in total. The Morgan fingerprint density at radius 1 is 1.16 bits per heavy atom. The van der Waals surface area contributed by atoms with E-state index >= 15 is 0 Å². The number of hydrogen-bond acceptors (Lipinski definition) is 3. The molecule has 0 bridgehead atoms. The van der Waals surface area contributed by atoms with E-state index in [9.17, 15) is 4.21 Å². The first-order chi connectivity index (χ1) is 12.1. The van der Waals surface area contributed by atoms with Crippen LogP contribution in [-0.2, 0) is 10.8 Å². The number of rotatable bonds is 8. The highest BCUT2D eigenvalue weighted by atomic mass is 32.2. The van der Waals surface area contributed by atoms with Gasteiger partial charge in [0.05, 0.1) is 6.54 Å². The second-order valence-corrected chi connectivity index (χ2v) is 9.48. The van der Waals surface area contributed by atoms with Gasteiger partial charge in [0.2, 0.25) is 0 Å². The van der Waals surface area contributed by atoms with E-state index in [0.717, 1.165) is 63.1 Å². The molecule has 0 aromatic carbocycles. The van der Waals surface area contributed by atoms with Crippen LogP contribution in [0.25, 0.3) is 0 Å². The summed E-state index contributed by atoms with van der Waals surface area (Å²) in [7, 11) is 1.56. The number of hydrogen-bond donors (Lipinski definition) is 2. The maximum absolute atomic E-state index is 12.1. The van der Waals surface area contributed by atoms with Crippen molar-refractivity contribution in [2.75, 3.05) is 32.4 Å². The lowest BCUT2D eigenvalue weighted by molar-refractivity contribution is 0.252. The molecule has 0 aromatic heterocycles. The molecular weight excluding hydrogens is 332 g/mol. The maximum Gasteiger partial charge on any atom is 0.191 e. The molecule has 5 nitrogen and oxygen atoms in total. The Morgan fingerprint density at radius 2 is 1.92 bits per heavy atom. The fraction of sp³-hybridized carbons (Fsp3) is 0.947. The zero-order valence-electron chi connectivity index (χ0n) is 16.4. The van der Waals surface area contributed by atoms with E-state index in [1.807, 2.05) is 6.92 Å². The van der Waals surface area contributed by atoms with Crippen LogP contribution >= 0.6 is 0 Å². The molecule has 146 valence electrons. The van der Waals surface area contributed by atoms with Crippen molar-refractivity contribution >= 4 is 16.8 Å². The fourth-order valence-corrected chi connectivity index (χ4v) is 5.46. The second kappa shape index (κ2) is 11.2. The normalized spacial score (nSPS) is 26.8. The molecule has 2 fully saturated rings. The average Bonchev–Trinajstić information content (AvgIpc) is 3.16. The summed E-state index contributed by atoms with van der Waals surface area (Å²) < 4.78 is 12.1. The molecule has 0 spiro atoms. The first-order valence-corrected chi connectivity index (χ1v) is 11.6. The molecule has 0 radical (unpaired) electrons. The zero-order valence-corrected chi connectivity index (χ0v) is 17.2. The second-order valence-electron chi connectivity index (χ2n) is 7.48. The summed E-state index contributed by atoms with van der Waals surface area (Å²) in [6.07, 6.45) is 9.88. The molecule has 0 aliphatic heterocycles. The lowest BCUT2D eigenvalue weighted by Gasteiger charge is -2.30. The Balaban J connectivity index is 1.81. The van der Waals surface area contributed by atoms with Gasteiger partial charge < -0.3 is 15.5 Å². The molecule has 25 heavy (non-hydrogen) atoms. The SMILES string of the molecule is CCNC(=NCCN(C)C1CCCC1)NC1CCCC(S(=O)CC)C1. The van der Waals surface area contributed by atoms with Crippen LogP contribution < -0.4 is 10.6 Å². The van der Waals surface area contributed by atoms with E-state index in [4.69, 9.17) is 4.99 Å². The average molecular weight is 371 g/mol. The van der Waals surface area contributed by atoms with Gasteiger partial charge in [-0.2, -0.15) is 0 Å². The van der Waals surface area contributed by atoms with Gasteiger partial charge in [0.1, 0.15) is 0 Å². The van der Waals surface area contributed by atoms with Gasteiger partial charge in [-0.1, -0.05) is 26.2 Å². The topological polar surface area (TPSA) is 56.7 Å². The van der Waals surface area contributed by atoms with Crippen molar-refractivity contribution < 1.29 is 4.21 Å². The third-order valence-corrected chi connectivity index (χ3v) is 7.38. The maximum atomic E-state index is 12.1. The summed E-state index contributed by atoms with van der Waals surface area (Å²) in [5.41, 5.74) is 0. The van der Waals surface area contributed by atoms with E-state index < -0.39 is 10.8 Å². The zero-order chi connectivity index (χ0) is 18.1. The molecule has 0 heterocycles. The fourth-order valence-electron chi connectivity index (χ4n) is 4.11. The van der Waals surface area contributed by atoms with E-state index in [2.05, 4.69) is 29.5 Å². The Hall–Kier alpha value is -0.620. The first kappa shape index (κ1) is 20.7. The molecule has 6 heteroatoms. The Bertz CT molecular complexity index is 437. The van der Waals surface area contributed by atoms with Gasteiger partial charge in [-0.15, -0.1) is 0 Å². The van der Waals surface area contributed by atoms with Gasteiger partial charge in [-0.3, -0.25) is 9.20 Å². The van der Waals surface area contributed by atoms with Crippen LogP contribution in [0.15, 0.2) is 4.99 Å². The summed E-state index contributed by atoms with van der Waals surface area (Å²) in [5, 5.41) is 7.33. The number of aliphatic imine (C=N–C) groups is 1. The first-order valence-electron chi connectivity index (χ1n) is 10.3. The standard InChI is InChI=1S/C19H38N4OS/c1-4-20-19(21-13-14-23(3)17-10-6-7-11-17)22-16-9-8-12-18(15-16)25(24)5-2/h16-18H,4-15H2,1-3H3,(H2,20,21,22). The van der Waals surface area contributed by atoms with Gasteiger partial charge >= 0.3 is 0 Å². The summed E-state index contributed by atoms with van der Waals surface area (Å²) in [5.74, 6) is 1.70. The molecule has 2 saturated carbocycles. The summed E-state index contributed by atoms with van der Waals surface area (Å²) in [6, 6.07) is 1.16. The minimum Gasteiger partial charge on any atom is -0.357 e. The van der Waals surface area contributed by atoms with E-state index in [1.165, 1.54) is 25.7 Å². The molecule has 0 saturated heterocycles. The van der Waals surface area contributed by atoms with Gasteiger partial charge in [-0.05, 0) is 46.1 Å². The van der Waals surface area contributed by atoms with Crippen LogP contribution in [0.4, 0.5) is 0 Å². The predicted octanol–water partition coefficient (Wildman–Crippen LogP) is 2.50. The van der Waals surface area contributed by atoms with Crippen molar-refractivity contribution in [2.24, 2.45) is 4.99 Å². The molecular formula is C19H38N4OS. The van der Waals surface area contributed by atoms with E-state index in [1.54, 1.807) is 0 Å². The van der Waals surface area contributed by atoms with Crippen molar-refractivity contribution in [3.05, 3.63) is 0 Å². The highest BCUT2D eigenvalue weighted by Gasteiger charge is 2.26. The monoisotopic (exact) mass is 370 g/mol. The minimum atomic E-state index is -0.673. The number of likely N-dealkylation sites (N-methyl/N-ethyl adjacent to an activating group) is 1. The van der Waals surface area contributed by atoms with Crippen LogP contribution in [-0.4, -0.2) is 64.8 Å².